The van der Waals surface area contributed by atoms with Crippen molar-refractivity contribution in [2.45, 2.75) is 38.2 Å². The molecule has 1 fully saturated rings. The maximum absolute atomic E-state index is 8.55. The minimum atomic E-state index is 0.0270. The summed E-state index contributed by atoms with van der Waals surface area (Å²) in [4.78, 5) is 0. The van der Waals surface area contributed by atoms with Crippen LogP contribution in [0.5, 0.6) is 0 Å². The third kappa shape index (κ3) is 3.25. The average molecular weight is 188 g/mol. The van der Waals surface area contributed by atoms with Crippen LogP contribution in [0.4, 0.5) is 0 Å². The Morgan fingerprint density at radius 1 is 1.46 bits per heavy atom. The van der Waals surface area contributed by atoms with Crippen molar-refractivity contribution in [1.82, 2.24) is 0 Å². The summed E-state index contributed by atoms with van der Waals surface area (Å²) >= 11 is 0. The first-order valence-electron chi connectivity index (χ1n) is 5.15. The third-order valence-corrected chi connectivity index (χ3v) is 2.67. The van der Waals surface area contributed by atoms with Gasteiger partial charge in [-0.1, -0.05) is 6.92 Å². The van der Waals surface area contributed by atoms with Gasteiger partial charge in [-0.15, -0.1) is 0 Å². The van der Waals surface area contributed by atoms with Crippen LogP contribution in [0.3, 0.4) is 0 Å². The van der Waals surface area contributed by atoms with E-state index in [2.05, 4.69) is 6.92 Å². The number of aliphatic hydroxyl groups excluding tert-OH is 1. The van der Waals surface area contributed by atoms with Gasteiger partial charge >= 0.3 is 0 Å². The Bertz CT molecular complexity index is 127. The zero-order valence-electron chi connectivity index (χ0n) is 8.42. The van der Waals surface area contributed by atoms with E-state index in [0.29, 0.717) is 0 Å². The van der Waals surface area contributed by atoms with Crippen LogP contribution in [0, 0.1) is 0 Å². The Labute approximate surface area is 80.0 Å². The SMILES string of the molecule is CCC1(COCCCCO)CCO1. The number of hydrogen-bond acceptors (Lipinski definition) is 3. The molecule has 0 amide bonds. The van der Waals surface area contributed by atoms with Gasteiger partial charge in [-0.3, -0.25) is 0 Å². The van der Waals surface area contributed by atoms with Gasteiger partial charge in [-0.2, -0.15) is 0 Å². The summed E-state index contributed by atoms with van der Waals surface area (Å²) in [7, 11) is 0. The second kappa shape index (κ2) is 5.58. The summed E-state index contributed by atoms with van der Waals surface area (Å²) in [5.41, 5.74) is 0.0270. The van der Waals surface area contributed by atoms with E-state index in [-0.39, 0.29) is 12.2 Å². The normalized spacial score (nSPS) is 27.2. The fourth-order valence-corrected chi connectivity index (χ4v) is 1.46. The molecule has 0 aromatic heterocycles. The lowest BCUT2D eigenvalue weighted by atomic mass is 9.93. The van der Waals surface area contributed by atoms with E-state index in [1.807, 2.05) is 0 Å². The van der Waals surface area contributed by atoms with E-state index >= 15 is 0 Å². The Morgan fingerprint density at radius 2 is 2.23 bits per heavy atom. The van der Waals surface area contributed by atoms with Gasteiger partial charge < -0.3 is 14.6 Å². The van der Waals surface area contributed by atoms with E-state index in [0.717, 1.165) is 45.5 Å². The molecule has 0 saturated carbocycles. The fourth-order valence-electron chi connectivity index (χ4n) is 1.46. The van der Waals surface area contributed by atoms with Gasteiger partial charge in [-0.05, 0) is 19.3 Å². The molecule has 78 valence electrons. The van der Waals surface area contributed by atoms with Crippen molar-refractivity contribution in [2.24, 2.45) is 0 Å². The minimum absolute atomic E-state index is 0.0270. The van der Waals surface area contributed by atoms with Crippen LogP contribution in [0.1, 0.15) is 32.6 Å². The second-order valence-electron chi connectivity index (χ2n) is 3.62. The smallest absolute Gasteiger partial charge is 0.0934 e. The molecule has 1 aliphatic rings. The van der Waals surface area contributed by atoms with Crippen molar-refractivity contribution in [3.8, 4) is 0 Å². The van der Waals surface area contributed by atoms with Crippen LogP contribution in [0.15, 0.2) is 0 Å². The summed E-state index contributed by atoms with van der Waals surface area (Å²) in [6.07, 6.45) is 3.94. The Kier molecular flexibility index (Phi) is 4.70. The predicted octanol–water partition coefficient (Wildman–Crippen LogP) is 1.34. The quantitative estimate of drug-likeness (QED) is 0.613. The Balaban J connectivity index is 1.98. The summed E-state index contributed by atoms with van der Waals surface area (Å²) in [5, 5.41) is 8.55. The number of hydrogen-bond donors (Lipinski definition) is 1. The first-order valence-corrected chi connectivity index (χ1v) is 5.15. The van der Waals surface area contributed by atoms with E-state index in [9.17, 15) is 0 Å². The number of unbranched alkanes of at least 4 members (excludes halogenated alkanes) is 1. The molecule has 3 nitrogen and oxygen atoms in total. The molecule has 13 heavy (non-hydrogen) atoms. The van der Waals surface area contributed by atoms with Crippen LogP contribution < -0.4 is 0 Å². The maximum Gasteiger partial charge on any atom is 0.0934 e. The zero-order chi connectivity index (χ0) is 9.57. The monoisotopic (exact) mass is 188 g/mol. The summed E-state index contributed by atoms with van der Waals surface area (Å²) < 4.78 is 11.0. The van der Waals surface area contributed by atoms with Gasteiger partial charge in [0.25, 0.3) is 0 Å². The molecule has 0 bridgehead atoms. The van der Waals surface area contributed by atoms with Gasteiger partial charge in [-0.25, -0.2) is 0 Å². The van der Waals surface area contributed by atoms with E-state index in [1.165, 1.54) is 0 Å². The van der Waals surface area contributed by atoms with Gasteiger partial charge in [0.2, 0.25) is 0 Å². The molecule has 1 N–H and O–H groups in total. The van der Waals surface area contributed by atoms with Crippen molar-refractivity contribution >= 4 is 0 Å². The highest BCUT2D eigenvalue weighted by Gasteiger charge is 2.36. The topological polar surface area (TPSA) is 38.7 Å². The molecule has 1 atom stereocenters. The molecule has 1 aliphatic heterocycles. The summed E-state index contributed by atoms with van der Waals surface area (Å²) in [6, 6.07) is 0. The molecule has 0 aromatic carbocycles. The van der Waals surface area contributed by atoms with Gasteiger partial charge in [0.15, 0.2) is 0 Å². The number of rotatable bonds is 7. The lowest BCUT2D eigenvalue weighted by molar-refractivity contribution is -0.182. The highest BCUT2D eigenvalue weighted by Crippen LogP contribution is 2.29. The molecule has 0 spiro atoms. The van der Waals surface area contributed by atoms with Crippen LogP contribution >= 0.6 is 0 Å². The van der Waals surface area contributed by atoms with Crippen molar-refractivity contribution in [3.63, 3.8) is 0 Å². The lowest BCUT2D eigenvalue weighted by Crippen LogP contribution is -2.47. The first-order chi connectivity index (χ1) is 6.33. The van der Waals surface area contributed by atoms with Crippen LogP contribution in [0.25, 0.3) is 0 Å². The van der Waals surface area contributed by atoms with E-state index < -0.39 is 0 Å². The number of aliphatic hydroxyl groups is 1. The highest BCUT2D eigenvalue weighted by molar-refractivity contribution is 4.85. The molecule has 1 rings (SSSR count). The molecule has 0 aromatic rings. The van der Waals surface area contributed by atoms with Crippen LogP contribution in [-0.2, 0) is 9.47 Å². The molecule has 1 saturated heterocycles. The Hall–Kier alpha value is -0.120. The predicted molar refractivity (Wildman–Crippen MR) is 50.7 cm³/mol. The van der Waals surface area contributed by atoms with Gasteiger partial charge in [0.1, 0.15) is 0 Å². The molecule has 0 aliphatic carbocycles. The second-order valence-corrected chi connectivity index (χ2v) is 3.62. The van der Waals surface area contributed by atoms with E-state index in [1.54, 1.807) is 0 Å². The maximum atomic E-state index is 8.55. The van der Waals surface area contributed by atoms with Gasteiger partial charge in [0, 0.05) is 19.6 Å². The number of ether oxygens (including phenoxy) is 2. The molecule has 3 heteroatoms. The van der Waals surface area contributed by atoms with E-state index in [4.69, 9.17) is 14.6 Å². The summed E-state index contributed by atoms with van der Waals surface area (Å²) in [6.45, 7) is 4.74. The average Bonchev–Trinajstić information content (AvgIpc) is 2.09. The molecule has 1 heterocycles. The van der Waals surface area contributed by atoms with Gasteiger partial charge in [0.05, 0.1) is 18.8 Å². The lowest BCUT2D eigenvalue weighted by Gasteiger charge is -2.40. The van der Waals surface area contributed by atoms with Crippen LogP contribution in [-0.4, -0.2) is 37.1 Å². The molecular weight excluding hydrogens is 168 g/mol. The molecule has 1 unspecified atom stereocenters. The molecule has 0 radical (unpaired) electrons. The minimum Gasteiger partial charge on any atom is -0.396 e. The molecular formula is C10H20O3. The third-order valence-electron chi connectivity index (χ3n) is 2.67. The Morgan fingerprint density at radius 3 is 2.69 bits per heavy atom. The zero-order valence-corrected chi connectivity index (χ0v) is 8.42. The van der Waals surface area contributed by atoms with Crippen molar-refractivity contribution in [1.29, 1.82) is 0 Å². The van der Waals surface area contributed by atoms with Crippen molar-refractivity contribution < 1.29 is 14.6 Å². The van der Waals surface area contributed by atoms with Crippen LogP contribution in [0.2, 0.25) is 0 Å². The standard InChI is InChI=1S/C10H20O3/c1-2-10(5-8-13-10)9-12-7-4-3-6-11/h11H,2-9H2,1H3. The summed E-state index contributed by atoms with van der Waals surface area (Å²) in [5.74, 6) is 0. The van der Waals surface area contributed by atoms with Crippen molar-refractivity contribution in [3.05, 3.63) is 0 Å². The fraction of sp³-hybridized carbons (Fsp3) is 1.00. The van der Waals surface area contributed by atoms with Crippen molar-refractivity contribution in [2.75, 3.05) is 26.4 Å². The largest absolute Gasteiger partial charge is 0.396 e. The highest BCUT2D eigenvalue weighted by atomic mass is 16.6. The first kappa shape index (κ1) is 11.0.